The Morgan fingerprint density at radius 1 is 0.517 bits per heavy atom. The third kappa shape index (κ3) is 30.5. The molecule has 0 amide bonds. The number of ether oxygens (including phenoxy) is 4. The summed E-state index contributed by atoms with van der Waals surface area (Å²) in [6, 6.07) is 0. The first-order valence-corrected chi connectivity index (χ1v) is 24.3. The van der Waals surface area contributed by atoms with E-state index < -0.39 is 49.4 Å². The molecule has 1 saturated heterocycles. The van der Waals surface area contributed by atoms with Gasteiger partial charge in [0.1, 0.15) is 31.0 Å². The van der Waals surface area contributed by atoms with Gasteiger partial charge in [0.25, 0.3) is 0 Å². The Bertz CT molecular complexity index is 959. The smallest absolute Gasteiger partial charge is 0.306 e. The molecular formula is C48H90O10. The number of unbranched alkanes of at least 4 members (excludes halogenated alkanes) is 28. The van der Waals surface area contributed by atoms with Crippen LogP contribution in [0.2, 0.25) is 0 Å². The zero-order valence-electron chi connectivity index (χ0n) is 37.3. The molecule has 4 N–H and O–H groups in total. The fourth-order valence-corrected chi connectivity index (χ4v) is 7.52. The summed E-state index contributed by atoms with van der Waals surface area (Å²) in [4.78, 5) is 25.4. The van der Waals surface area contributed by atoms with Crippen molar-refractivity contribution in [1.82, 2.24) is 0 Å². The molecule has 1 fully saturated rings. The Balaban J connectivity index is 2.27. The second-order valence-electron chi connectivity index (χ2n) is 16.9. The number of aliphatic hydroxyl groups is 4. The SMILES string of the molecule is CCCC/C=C/CCCCCCCCCCCC(=O)OC[C@H](CO[C@@H]1O[C@H](CO)[C@H](O)C(O)C1O)OC(=O)CCCCCCCCCCCCCCCCCCCC. The quantitative estimate of drug-likeness (QED) is 0.0266. The summed E-state index contributed by atoms with van der Waals surface area (Å²) in [6.07, 6.45) is 35.0. The van der Waals surface area contributed by atoms with Gasteiger partial charge in [0.2, 0.25) is 0 Å². The molecule has 0 bridgehead atoms. The van der Waals surface area contributed by atoms with Crippen molar-refractivity contribution < 1.29 is 49.0 Å². The van der Waals surface area contributed by atoms with Crippen LogP contribution in [0.4, 0.5) is 0 Å². The van der Waals surface area contributed by atoms with Crippen LogP contribution in [-0.2, 0) is 28.5 Å². The van der Waals surface area contributed by atoms with Crippen molar-refractivity contribution >= 4 is 11.9 Å². The number of carbonyl (C=O) groups excluding carboxylic acids is 2. The molecule has 0 aromatic heterocycles. The number of aliphatic hydroxyl groups excluding tert-OH is 4. The van der Waals surface area contributed by atoms with Crippen LogP contribution in [0.1, 0.15) is 226 Å². The third-order valence-electron chi connectivity index (χ3n) is 11.4. The molecule has 58 heavy (non-hydrogen) atoms. The maximum Gasteiger partial charge on any atom is 0.306 e. The molecule has 1 aliphatic rings. The highest BCUT2D eigenvalue weighted by atomic mass is 16.7. The molecule has 1 aliphatic heterocycles. The van der Waals surface area contributed by atoms with Crippen LogP contribution in [0.15, 0.2) is 12.2 Å². The standard InChI is InChI=1S/C48H90O10/c1-3-5-7-9-11-13-15-17-19-20-21-23-25-27-29-31-33-35-37-44(51)57-41(40-56-48-47(54)46(53)45(52)42(38-49)58-48)39-55-43(50)36-34-32-30-28-26-24-22-18-16-14-12-10-8-6-4-2/h10,12,41-42,45-49,52-54H,3-9,11,13-40H2,1-2H3/b12-10+/t41-,42-,45+,46?,47?,48-/m1/s1. The average Bonchev–Trinajstić information content (AvgIpc) is 3.22. The van der Waals surface area contributed by atoms with Crippen LogP contribution in [0.3, 0.4) is 0 Å². The Morgan fingerprint density at radius 3 is 1.40 bits per heavy atom. The van der Waals surface area contributed by atoms with E-state index in [9.17, 15) is 30.0 Å². The molecular weight excluding hydrogens is 737 g/mol. The summed E-state index contributed by atoms with van der Waals surface area (Å²) in [5, 5.41) is 40.1. The molecule has 0 radical (unpaired) electrons. The zero-order chi connectivity index (χ0) is 42.3. The summed E-state index contributed by atoms with van der Waals surface area (Å²) in [7, 11) is 0. The molecule has 1 heterocycles. The van der Waals surface area contributed by atoms with Crippen LogP contribution < -0.4 is 0 Å². The first-order chi connectivity index (χ1) is 28.3. The molecule has 2 unspecified atom stereocenters. The Labute approximate surface area is 354 Å². The lowest BCUT2D eigenvalue weighted by molar-refractivity contribution is -0.305. The third-order valence-corrected chi connectivity index (χ3v) is 11.4. The number of carbonyl (C=O) groups is 2. The number of hydrogen-bond acceptors (Lipinski definition) is 10. The van der Waals surface area contributed by atoms with E-state index in [-0.39, 0.29) is 32.0 Å². The summed E-state index contributed by atoms with van der Waals surface area (Å²) in [5.74, 6) is -0.796. The highest BCUT2D eigenvalue weighted by Gasteiger charge is 2.44. The predicted octanol–water partition coefficient (Wildman–Crippen LogP) is 10.7. The van der Waals surface area contributed by atoms with Crippen LogP contribution >= 0.6 is 0 Å². The second-order valence-corrected chi connectivity index (χ2v) is 16.9. The molecule has 1 rings (SSSR count). The van der Waals surface area contributed by atoms with Crippen molar-refractivity contribution in [2.24, 2.45) is 0 Å². The van der Waals surface area contributed by atoms with Crippen molar-refractivity contribution in [3.63, 3.8) is 0 Å². The Morgan fingerprint density at radius 2 is 0.931 bits per heavy atom. The first-order valence-electron chi connectivity index (χ1n) is 24.3. The van der Waals surface area contributed by atoms with Gasteiger partial charge in [0.05, 0.1) is 13.2 Å². The van der Waals surface area contributed by atoms with Gasteiger partial charge in [0, 0.05) is 12.8 Å². The lowest BCUT2D eigenvalue weighted by Gasteiger charge is -2.39. The molecule has 342 valence electrons. The summed E-state index contributed by atoms with van der Waals surface area (Å²) in [5.41, 5.74) is 0. The van der Waals surface area contributed by atoms with E-state index in [0.717, 1.165) is 38.5 Å². The van der Waals surface area contributed by atoms with E-state index in [1.807, 2.05) is 0 Å². The van der Waals surface area contributed by atoms with Gasteiger partial charge >= 0.3 is 11.9 Å². The van der Waals surface area contributed by atoms with E-state index in [4.69, 9.17) is 18.9 Å². The molecule has 0 spiro atoms. The highest BCUT2D eigenvalue weighted by molar-refractivity contribution is 5.70. The van der Waals surface area contributed by atoms with E-state index in [2.05, 4.69) is 26.0 Å². The second kappa shape index (κ2) is 39.6. The van der Waals surface area contributed by atoms with Gasteiger partial charge < -0.3 is 39.4 Å². The predicted molar refractivity (Wildman–Crippen MR) is 233 cm³/mol. The van der Waals surface area contributed by atoms with Crippen molar-refractivity contribution in [1.29, 1.82) is 0 Å². The summed E-state index contributed by atoms with van der Waals surface area (Å²) < 4.78 is 22.2. The van der Waals surface area contributed by atoms with Crippen LogP contribution in [0.5, 0.6) is 0 Å². The van der Waals surface area contributed by atoms with Crippen molar-refractivity contribution in [2.45, 2.75) is 263 Å². The van der Waals surface area contributed by atoms with Gasteiger partial charge in [-0.15, -0.1) is 0 Å². The minimum absolute atomic E-state index is 0.213. The van der Waals surface area contributed by atoms with Crippen molar-refractivity contribution in [3.05, 3.63) is 12.2 Å². The normalized spacial score (nSPS) is 20.1. The summed E-state index contributed by atoms with van der Waals surface area (Å²) >= 11 is 0. The zero-order valence-corrected chi connectivity index (χ0v) is 37.3. The number of allylic oxidation sites excluding steroid dienone is 2. The molecule has 10 heteroatoms. The fourth-order valence-electron chi connectivity index (χ4n) is 7.52. The minimum Gasteiger partial charge on any atom is -0.462 e. The van der Waals surface area contributed by atoms with Gasteiger partial charge in [-0.25, -0.2) is 0 Å². The van der Waals surface area contributed by atoms with Crippen molar-refractivity contribution in [2.75, 3.05) is 19.8 Å². The van der Waals surface area contributed by atoms with Crippen LogP contribution in [-0.4, -0.2) is 89.0 Å². The largest absolute Gasteiger partial charge is 0.462 e. The Hall–Kier alpha value is -1.56. The Kier molecular flexibility index (Phi) is 37.2. The molecule has 6 atom stereocenters. The molecule has 0 aliphatic carbocycles. The number of hydrogen-bond donors (Lipinski definition) is 4. The maximum absolute atomic E-state index is 12.8. The minimum atomic E-state index is -1.59. The fraction of sp³-hybridized carbons (Fsp3) is 0.917. The summed E-state index contributed by atoms with van der Waals surface area (Å²) in [6.45, 7) is 3.43. The van der Waals surface area contributed by atoms with E-state index in [1.54, 1.807) is 0 Å². The van der Waals surface area contributed by atoms with E-state index in [0.29, 0.717) is 6.42 Å². The van der Waals surface area contributed by atoms with E-state index >= 15 is 0 Å². The topological polar surface area (TPSA) is 152 Å². The number of esters is 2. The van der Waals surface area contributed by atoms with Crippen LogP contribution in [0, 0.1) is 0 Å². The number of rotatable bonds is 41. The maximum atomic E-state index is 12.8. The lowest BCUT2D eigenvalue weighted by Crippen LogP contribution is -2.59. The first kappa shape index (κ1) is 54.5. The molecule has 10 nitrogen and oxygen atoms in total. The van der Waals surface area contributed by atoms with Gasteiger partial charge in [-0.05, 0) is 32.1 Å². The highest BCUT2D eigenvalue weighted by Crippen LogP contribution is 2.23. The molecule has 0 aromatic rings. The molecule has 0 aromatic carbocycles. The van der Waals surface area contributed by atoms with Crippen molar-refractivity contribution in [3.8, 4) is 0 Å². The monoisotopic (exact) mass is 827 g/mol. The van der Waals surface area contributed by atoms with Gasteiger partial charge in [-0.1, -0.05) is 193 Å². The molecule has 0 saturated carbocycles. The van der Waals surface area contributed by atoms with Crippen LogP contribution in [0.25, 0.3) is 0 Å². The lowest BCUT2D eigenvalue weighted by atomic mass is 9.99. The van der Waals surface area contributed by atoms with Gasteiger partial charge in [0.15, 0.2) is 12.4 Å². The van der Waals surface area contributed by atoms with E-state index in [1.165, 1.54) is 154 Å². The van der Waals surface area contributed by atoms with Gasteiger partial charge in [-0.2, -0.15) is 0 Å². The average molecular weight is 827 g/mol. The van der Waals surface area contributed by atoms with Gasteiger partial charge in [-0.3, -0.25) is 9.59 Å².